The molecular weight excluding hydrogens is 346 g/mol. The van der Waals surface area contributed by atoms with Crippen LogP contribution in [0.25, 0.3) is 10.2 Å². The second-order valence-electron chi connectivity index (χ2n) is 8.84. The summed E-state index contributed by atoms with van der Waals surface area (Å²) in [5, 5.41) is 2.44. The largest absolute Gasteiger partial charge is 0.281 e. The highest BCUT2D eigenvalue weighted by Crippen LogP contribution is 2.61. The van der Waals surface area contributed by atoms with E-state index < -0.39 is 0 Å². The van der Waals surface area contributed by atoms with Gasteiger partial charge in [-0.1, -0.05) is 27.7 Å². The van der Waals surface area contributed by atoms with Gasteiger partial charge in [0.25, 0.3) is 5.56 Å². The lowest BCUT2D eigenvalue weighted by molar-refractivity contribution is -0.129. The molecule has 2 aromatic rings. The van der Waals surface area contributed by atoms with Crippen molar-refractivity contribution in [2.75, 3.05) is 5.43 Å². The van der Waals surface area contributed by atoms with Crippen LogP contribution in [0, 0.1) is 23.2 Å². The number of carbonyl (C=O) groups is 1. The number of thiophene rings is 1. The highest BCUT2D eigenvalue weighted by molar-refractivity contribution is 7.16. The maximum atomic E-state index is 12.8. The standard InChI is InChI=1S/C20H27N3O2S/c1-11(2)17-21-18-14(7-8-26-18)19(25)23(17)22-16(24)9-12-5-6-13-10-15(12)20(13,3)4/h7-8,11-13,15H,5-6,9-10H2,1-4H3,(H,22,24)/t12-,13-,15+/m0/s1. The van der Waals surface area contributed by atoms with Crippen LogP contribution < -0.4 is 11.0 Å². The Balaban J connectivity index is 1.57. The molecule has 5 nitrogen and oxygen atoms in total. The first-order chi connectivity index (χ1) is 12.3. The second-order valence-corrected chi connectivity index (χ2v) is 9.74. The van der Waals surface area contributed by atoms with E-state index in [-0.39, 0.29) is 17.4 Å². The van der Waals surface area contributed by atoms with Gasteiger partial charge in [-0.3, -0.25) is 15.0 Å². The summed E-state index contributed by atoms with van der Waals surface area (Å²) in [5.41, 5.74) is 3.04. The van der Waals surface area contributed by atoms with Crippen LogP contribution >= 0.6 is 11.3 Å². The molecule has 3 aliphatic carbocycles. The maximum Gasteiger partial charge on any atom is 0.281 e. The van der Waals surface area contributed by atoms with Gasteiger partial charge in [0.2, 0.25) is 5.91 Å². The van der Waals surface area contributed by atoms with E-state index in [9.17, 15) is 9.59 Å². The number of rotatable bonds is 4. The van der Waals surface area contributed by atoms with Crippen molar-refractivity contribution < 1.29 is 4.79 Å². The fourth-order valence-electron chi connectivity index (χ4n) is 5.04. The quantitative estimate of drug-likeness (QED) is 0.877. The molecule has 2 heterocycles. The van der Waals surface area contributed by atoms with Gasteiger partial charge >= 0.3 is 0 Å². The molecule has 3 fully saturated rings. The van der Waals surface area contributed by atoms with Crippen LogP contribution in [0.15, 0.2) is 16.2 Å². The smallest absolute Gasteiger partial charge is 0.273 e. The fourth-order valence-corrected chi connectivity index (χ4v) is 5.80. The first-order valence-corrected chi connectivity index (χ1v) is 10.5. The Morgan fingerprint density at radius 2 is 2.19 bits per heavy atom. The molecule has 6 heteroatoms. The molecule has 0 unspecified atom stereocenters. The summed E-state index contributed by atoms with van der Waals surface area (Å²) in [6.07, 6.45) is 4.10. The Morgan fingerprint density at radius 3 is 2.85 bits per heavy atom. The van der Waals surface area contributed by atoms with E-state index in [1.165, 1.54) is 28.9 Å². The highest BCUT2D eigenvalue weighted by atomic mass is 32.1. The molecule has 3 saturated carbocycles. The molecular formula is C20H27N3O2S. The van der Waals surface area contributed by atoms with Gasteiger partial charge in [0.15, 0.2) is 0 Å². The van der Waals surface area contributed by atoms with E-state index in [4.69, 9.17) is 0 Å². The van der Waals surface area contributed by atoms with Crippen LogP contribution in [-0.4, -0.2) is 15.6 Å². The molecule has 1 N–H and O–H groups in total. The molecule has 26 heavy (non-hydrogen) atoms. The van der Waals surface area contributed by atoms with Crippen molar-refractivity contribution in [3.05, 3.63) is 27.6 Å². The third-order valence-electron chi connectivity index (χ3n) is 6.73. The Bertz CT molecular complexity index is 909. The van der Waals surface area contributed by atoms with Crippen LogP contribution in [0.1, 0.15) is 65.1 Å². The number of hydrogen-bond acceptors (Lipinski definition) is 4. The van der Waals surface area contributed by atoms with E-state index in [0.717, 1.165) is 17.2 Å². The number of nitrogens with one attached hydrogen (secondary N) is 1. The SMILES string of the molecule is CC(C)c1nc2sccc2c(=O)n1NC(=O)C[C@@H]1CC[C@H]2C[C@H]1C2(C)C. The summed E-state index contributed by atoms with van der Waals surface area (Å²) in [4.78, 5) is 30.9. The lowest BCUT2D eigenvalue weighted by Gasteiger charge is -2.60. The number of aromatic nitrogens is 2. The summed E-state index contributed by atoms with van der Waals surface area (Å²) >= 11 is 1.46. The minimum atomic E-state index is -0.180. The van der Waals surface area contributed by atoms with Crippen LogP contribution in [-0.2, 0) is 4.79 Å². The molecule has 0 aromatic carbocycles. The molecule has 2 bridgehead atoms. The zero-order chi connectivity index (χ0) is 18.6. The van der Waals surface area contributed by atoms with E-state index in [2.05, 4.69) is 24.3 Å². The number of carbonyl (C=O) groups excluding carboxylic acids is 1. The Kier molecular flexibility index (Phi) is 4.21. The van der Waals surface area contributed by atoms with Gasteiger partial charge in [0.1, 0.15) is 10.7 Å². The number of fused-ring (bicyclic) bond motifs is 3. The second kappa shape index (κ2) is 6.19. The molecule has 140 valence electrons. The normalized spacial score (nSPS) is 26.7. The number of nitrogens with zero attached hydrogens (tertiary/aromatic N) is 2. The molecule has 3 atom stereocenters. The third-order valence-corrected chi connectivity index (χ3v) is 7.53. The Hall–Kier alpha value is -1.69. The monoisotopic (exact) mass is 373 g/mol. The van der Waals surface area contributed by atoms with Crippen molar-refractivity contribution in [1.29, 1.82) is 0 Å². The van der Waals surface area contributed by atoms with Crippen molar-refractivity contribution in [3.8, 4) is 0 Å². The zero-order valence-corrected chi connectivity index (χ0v) is 16.7. The lowest BCUT2D eigenvalue weighted by Crippen LogP contribution is -2.53. The number of hydrogen-bond donors (Lipinski definition) is 1. The topological polar surface area (TPSA) is 64.0 Å². The van der Waals surface area contributed by atoms with Gasteiger partial charge in [-0.05, 0) is 53.9 Å². The highest BCUT2D eigenvalue weighted by Gasteiger charge is 2.54. The van der Waals surface area contributed by atoms with Gasteiger partial charge in [0.05, 0.1) is 5.39 Å². The maximum absolute atomic E-state index is 12.8. The van der Waals surface area contributed by atoms with Gasteiger partial charge in [-0.25, -0.2) is 9.66 Å². The molecule has 2 aromatic heterocycles. The molecule has 1 amide bonds. The lowest BCUT2D eigenvalue weighted by atomic mass is 9.45. The molecule has 0 saturated heterocycles. The van der Waals surface area contributed by atoms with Crippen molar-refractivity contribution in [2.45, 2.75) is 59.3 Å². The summed E-state index contributed by atoms with van der Waals surface area (Å²) in [7, 11) is 0. The summed E-state index contributed by atoms with van der Waals surface area (Å²) < 4.78 is 1.37. The van der Waals surface area contributed by atoms with Gasteiger partial charge in [-0.2, -0.15) is 0 Å². The van der Waals surface area contributed by atoms with E-state index in [1.807, 2.05) is 19.2 Å². The van der Waals surface area contributed by atoms with E-state index >= 15 is 0 Å². The predicted octanol–water partition coefficient (Wildman–Crippen LogP) is 4.11. The van der Waals surface area contributed by atoms with Gasteiger partial charge in [-0.15, -0.1) is 11.3 Å². The molecule has 3 aliphatic rings. The summed E-state index contributed by atoms with van der Waals surface area (Å²) in [6.45, 7) is 8.65. The van der Waals surface area contributed by atoms with Crippen LogP contribution in [0.3, 0.4) is 0 Å². The molecule has 0 spiro atoms. The molecule has 5 rings (SSSR count). The first-order valence-electron chi connectivity index (χ1n) is 9.59. The average molecular weight is 374 g/mol. The zero-order valence-electron chi connectivity index (χ0n) is 15.9. The third kappa shape index (κ3) is 2.70. The Morgan fingerprint density at radius 1 is 1.42 bits per heavy atom. The minimum Gasteiger partial charge on any atom is -0.273 e. The molecule has 0 aliphatic heterocycles. The van der Waals surface area contributed by atoms with Crippen molar-refractivity contribution in [1.82, 2.24) is 9.66 Å². The number of amides is 1. The summed E-state index contributed by atoms with van der Waals surface area (Å²) in [6, 6.07) is 1.78. The fraction of sp³-hybridized carbons (Fsp3) is 0.650. The minimum absolute atomic E-state index is 0.0514. The van der Waals surface area contributed by atoms with Crippen molar-refractivity contribution >= 4 is 27.5 Å². The van der Waals surface area contributed by atoms with Crippen LogP contribution in [0.4, 0.5) is 0 Å². The van der Waals surface area contributed by atoms with E-state index in [0.29, 0.717) is 34.9 Å². The first kappa shape index (κ1) is 17.7. The average Bonchev–Trinajstić information content (AvgIpc) is 3.05. The predicted molar refractivity (Wildman–Crippen MR) is 105 cm³/mol. The van der Waals surface area contributed by atoms with Gasteiger partial charge < -0.3 is 0 Å². The molecule has 0 radical (unpaired) electrons. The van der Waals surface area contributed by atoms with Crippen LogP contribution in [0.2, 0.25) is 0 Å². The van der Waals surface area contributed by atoms with Crippen molar-refractivity contribution in [3.63, 3.8) is 0 Å². The van der Waals surface area contributed by atoms with E-state index in [1.54, 1.807) is 6.07 Å². The van der Waals surface area contributed by atoms with Gasteiger partial charge in [0, 0.05) is 12.3 Å². The van der Waals surface area contributed by atoms with Crippen molar-refractivity contribution in [2.24, 2.45) is 23.2 Å². The summed E-state index contributed by atoms with van der Waals surface area (Å²) in [5.74, 6) is 2.47. The Labute approximate surface area is 157 Å². The van der Waals surface area contributed by atoms with Crippen LogP contribution in [0.5, 0.6) is 0 Å².